The lowest BCUT2D eigenvalue weighted by molar-refractivity contribution is -0.154. The predicted molar refractivity (Wildman–Crippen MR) is 69.0 cm³/mol. The highest BCUT2D eigenvalue weighted by Crippen LogP contribution is 2.14. The van der Waals surface area contributed by atoms with E-state index in [1.165, 1.54) is 12.8 Å². The van der Waals surface area contributed by atoms with Crippen molar-refractivity contribution in [3.05, 3.63) is 0 Å². The molecule has 4 nitrogen and oxygen atoms in total. The van der Waals surface area contributed by atoms with Gasteiger partial charge in [0, 0.05) is 6.54 Å². The van der Waals surface area contributed by atoms with Gasteiger partial charge in [-0.3, -0.25) is 4.79 Å². The number of hydrogen-bond acceptors (Lipinski definition) is 4. The number of rotatable bonds is 9. The zero-order valence-electron chi connectivity index (χ0n) is 11.7. The van der Waals surface area contributed by atoms with Crippen LogP contribution in [0.1, 0.15) is 40.5 Å². The molecule has 0 amide bonds. The highest BCUT2D eigenvalue weighted by atomic mass is 16.6. The summed E-state index contributed by atoms with van der Waals surface area (Å²) in [4.78, 5) is 11.4. The molecule has 4 heteroatoms. The van der Waals surface area contributed by atoms with Gasteiger partial charge >= 0.3 is 5.97 Å². The maximum Gasteiger partial charge on any atom is 0.311 e. The number of carbonyl (C=O) groups is 1. The second-order valence-corrected chi connectivity index (χ2v) is 5.10. The van der Waals surface area contributed by atoms with E-state index in [2.05, 4.69) is 12.2 Å². The smallest absolute Gasteiger partial charge is 0.311 e. The Bertz CT molecular complexity index is 199. The Kier molecular flexibility index (Phi) is 9.09. The fraction of sp³-hybridized carbons (Fsp3) is 0.923. The van der Waals surface area contributed by atoms with Crippen molar-refractivity contribution in [3.8, 4) is 0 Å². The van der Waals surface area contributed by atoms with E-state index < -0.39 is 5.41 Å². The zero-order chi connectivity index (χ0) is 13.1. The van der Waals surface area contributed by atoms with Gasteiger partial charge in [0.05, 0.1) is 18.6 Å². The van der Waals surface area contributed by atoms with E-state index in [-0.39, 0.29) is 5.97 Å². The summed E-state index contributed by atoms with van der Waals surface area (Å²) in [5, 5.41) is 3.28. The van der Waals surface area contributed by atoms with Gasteiger partial charge in [-0.2, -0.15) is 0 Å². The van der Waals surface area contributed by atoms with E-state index in [9.17, 15) is 4.79 Å². The Morgan fingerprint density at radius 2 is 1.82 bits per heavy atom. The third-order valence-corrected chi connectivity index (χ3v) is 2.20. The molecule has 0 saturated heterocycles. The molecule has 0 aliphatic heterocycles. The molecule has 0 bridgehead atoms. The minimum absolute atomic E-state index is 0.179. The van der Waals surface area contributed by atoms with E-state index in [1.54, 1.807) is 0 Å². The van der Waals surface area contributed by atoms with Crippen molar-refractivity contribution in [1.29, 1.82) is 0 Å². The number of ether oxygens (including phenoxy) is 2. The minimum Gasteiger partial charge on any atom is -0.463 e. The largest absolute Gasteiger partial charge is 0.463 e. The quantitative estimate of drug-likeness (QED) is 0.498. The lowest BCUT2D eigenvalue weighted by atomic mass is 9.97. The van der Waals surface area contributed by atoms with Crippen LogP contribution in [-0.4, -0.2) is 38.9 Å². The molecule has 0 unspecified atom stereocenters. The molecule has 0 aromatic heterocycles. The maximum absolute atomic E-state index is 11.4. The van der Waals surface area contributed by atoms with Gasteiger partial charge in [-0.1, -0.05) is 13.3 Å². The van der Waals surface area contributed by atoms with Crippen LogP contribution in [0, 0.1) is 5.41 Å². The van der Waals surface area contributed by atoms with Crippen LogP contribution in [0.15, 0.2) is 0 Å². The second kappa shape index (κ2) is 9.42. The van der Waals surface area contributed by atoms with Gasteiger partial charge < -0.3 is 14.8 Å². The SMILES string of the molecule is CCCCNCCOCCOC(=O)C(C)(C)C. The first kappa shape index (κ1) is 16.4. The van der Waals surface area contributed by atoms with Crippen LogP contribution in [0.2, 0.25) is 0 Å². The first-order valence-electron chi connectivity index (χ1n) is 6.44. The van der Waals surface area contributed by atoms with Crippen molar-refractivity contribution in [3.63, 3.8) is 0 Å². The van der Waals surface area contributed by atoms with Gasteiger partial charge in [0.15, 0.2) is 0 Å². The van der Waals surface area contributed by atoms with Crippen molar-refractivity contribution in [2.75, 3.05) is 32.9 Å². The predicted octanol–water partition coefficient (Wildman–Crippen LogP) is 1.98. The Morgan fingerprint density at radius 1 is 1.12 bits per heavy atom. The average molecular weight is 245 g/mol. The molecule has 0 heterocycles. The second-order valence-electron chi connectivity index (χ2n) is 5.10. The highest BCUT2D eigenvalue weighted by molar-refractivity contribution is 5.75. The molecule has 0 fully saturated rings. The number of nitrogens with one attached hydrogen (secondary N) is 1. The molecule has 0 aliphatic carbocycles. The summed E-state index contributed by atoms with van der Waals surface area (Å²) in [6, 6.07) is 0. The summed E-state index contributed by atoms with van der Waals surface area (Å²) in [6.45, 7) is 11.1. The van der Waals surface area contributed by atoms with Gasteiger partial charge in [0.25, 0.3) is 0 Å². The van der Waals surface area contributed by atoms with Gasteiger partial charge in [-0.25, -0.2) is 0 Å². The van der Waals surface area contributed by atoms with Gasteiger partial charge in [-0.15, -0.1) is 0 Å². The van der Waals surface area contributed by atoms with Crippen molar-refractivity contribution in [2.24, 2.45) is 5.41 Å². The van der Waals surface area contributed by atoms with Crippen molar-refractivity contribution in [2.45, 2.75) is 40.5 Å². The molecule has 0 radical (unpaired) electrons. The van der Waals surface area contributed by atoms with Crippen molar-refractivity contribution in [1.82, 2.24) is 5.32 Å². The van der Waals surface area contributed by atoms with Crippen LogP contribution in [-0.2, 0) is 14.3 Å². The van der Waals surface area contributed by atoms with Crippen LogP contribution in [0.4, 0.5) is 0 Å². The summed E-state index contributed by atoms with van der Waals surface area (Å²) < 4.78 is 10.4. The number of hydrogen-bond donors (Lipinski definition) is 1. The summed E-state index contributed by atoms with van der Waals surface area (Å²) in [7, 11) is 0. The lowest BCUT2D eigenvalue weighted by Crippen LogP contribution is -2.25. The summed E-state index contributed by atoms with van der Waals surface area (Å²) in [5.41, 5.74) is -0.429. The summed E-state index contributed by atoms with van der Waals surface area (Å²) in [5.74, 6) is -0.179. The summed E-state index contributed by atoms with van der Waals surface area (Å²) >= 11 is 0. The normalized spacial score (nSPS) is 11.5. The molecule has 0 atom stereocenters. The molecule has 0 aliphatic rings. The summed E-state index contributed by atoms with van der Waals surface area (Å²) in [6.07, 6.45) is 2.40. The molecule has 102 valence electrons. The van der Waals surface area contributed by atoms with E-state index in [0.29, 0.717) is 19.8 Å². The first-order chi connectivity index (χ1) is 7.98. The van der Waals surface area contributed by atoms with Gasteiger partial charge in [0.2, 0.25) is 0 Å². The Morgan fingerprint density at radius 3 is 2.41 bits per heavy atom. The minimum atomic E-state index is -0.429. The monoisotopic (exact) mass is 245 g/mol. The van der Waals surface area contributed by atoms with Crippen LogP contribution in [0.3, 0.4) is 0 Å². The maximum atomic E-state index is 11.4. The average Bonchev–Trinajstić information content (AvgIpc) is 2.25. The molecule has 0 spiro atoms. The molecule has 0 aromatic carbocycles. The van der Waals surface area contributed by atoms with Crippen molar-refractivity contribution >= 4 is 5.97 Å². The molecular weight excluding hydrogens is 218 g/mol. The Balaban J connectivity index is 3.22. The third kappa shape index (κ3) is 10.3. The number of carbonyl (C=O) groups excluding carboxylic acids is 1. The standard InChI is InChI=1S/C13H27NO3/c1-5-6-7-14-8-9-16-10-11-17-12(15)13(2,3)4/h14H,5-11H2,1-4H3. The molecule has 1 N–H and O–H groups in total. The van der Waals surface area contributed by atoms with Crippen LogP contribution in [0.5, 0.6) is 0 Å². The lowest BCUT2D eigenvalue weighted by Gasteiger charge is -2.16. The number of esters is 1. The Hall–Kier alpha value is -0.610. The van der Waals surface area contributed by atoms with E-state index in [0.717, 1.165) is 13.1 Å². The third-order valence-electron chi connectivity index (χ3n) is 2.20. The topological polar surface area (TPSA) is 47.6 Å². The van der Waals surface area contributed by atoms with E-state index >= 15 is 0 Å². The number of unbranched alkanes of at least 4 members (excludes halogenated alkanes) is 1. The fourth-order valence-corrected chi connectivity index (χ4v) is 1.08. The molecule has 17 heavy (non-hydrogen) atoms. The van der Waals surface area contributed by atoms with Crippen LogP contribution < -0.4 is 5.32 Å². The molecular formula is C13H27NO3. The Labute approximate surface area is 105 Å². The van der Waals surface area contributed by atoms with E-state index in [1.807, 2.05) is 20.8 Å². The van der Waals surface area contributed by atoms with Crippen LogP contribution in [0.25, 0.3) is 0 Å². The fourth-order valence-electron chi connectivity index (χ4n) is 1.08. The molecule has 0 rings (SSSR count). The van der Waals surface area contributed by atoms with Crippen LogP contribution >= 0.6 is 0 Å². The van der Waals surface area contributed by atoms with Gasteiger partial charge in [-0.05, 0) is 33.7 Å². The first-order valence-corrected chi connectivity index (χ1v) is 6.44. The molecule has 0 saturated carbocycles. The highest BCUT2D eigenvalue weighted by Gasteiger charge is 2.22. The van der Waals surface area contributed by atoms with Crippen molar-refractivity contribution < 1.29 is 14.3 Å². The van der Waals surface area contributed by atoms with Gasteiger partial charge in [0.1, 0.15) is 6.61 Å². The zero-order valence-corrected chi connectivity index (χ0v) is 11.7. The van der Waals surface area contributed by atoms with E-state index in [4.69, 9.17) is 9.47 Å². The molecule has 0 aromatic rings.